The van der Waals surface area contributed by atoms with Gasteiger partial charge in [-0.1, -0.05) is 12.8 Å². The lowest BCUT2D eigenvalue weighted by Crippen LogP contribution is -2.57. The molecule has 0 aromatic carbocycles. The van der Waals surface area contributed by atoms with Gasteiger partial charge in [-0.3, -0.25) is 4.79 Å². The van der Waals surface area contributed by atoms with Gasteiger partial charge in [0.1, 0.15) is 0 Å². The van der Waals surface area contributed by atoms with Crippen molar-refractivity contribution in [1.29, 1.82) is 0 Å². The number of carbonyl (C=O) groups is 1. The Bertz CT molecular complexity index is 265. The number of esters is 1. The van der Waals surface area contributed by atoms with Crippen LogP contribution in [0.4, 0.5) is 0 Å². The summed E-state index contributed by atoms with van der Waals surface area (Å²) in [6.45, 7) is 1.58. The molecule has 1 aliphatic heterocycles. The minimum Gasteiger partial charge on any atom is -0.469 e. The van der Waals surface area contributed by atoms with Gasteiger partial charge in [-0.15, -0.1) is 0 Å². The molecule has 0 bridgehead atoms. The third-order valence-electron chi connectivity index (χ3n) is 4.35. The van der Waals surface area contributed by atoms with Crippen molar-refractivity contribution in [3.63, 3.8) is 0 Å². The highest BCUT2D eigenvalue weighted by atomic mass is 16.5. The van der Waals surface area contributed by atoms with Crippen molar-refractivity contribution in [1.82, 2.24) is 5.32 Å². The number of nitrogens with one attached hydrogen (secondary N) is 1. The zero-order valence-corrected chi connectivity index (χ0v) is 9.92. The molecule has 0 atom stereocenters. The third kappa shape index (κ3) is 1.64. The van der Waals surface area contributed by atoms with E-state index < -0.39 is 11.0 Å². The summed E-state index contributed by atoms with van der Waals surface area (Å²) in [4.78, 5) is 12.1. The standard InChI is InChI=1S/C12H21NO3/c1-16-10(14)11(6-8-13-9-7-11)12(15)4-2-3-5-12/h13,15H,2-9H2,1H3. The van der Waals surface area contributed by atoms with E-state index >= 15 is 0 Å². The van der Waals surface area contributed by atoms with E-state index in [1.165, 1.54) is 7.11 Å². The number of methoxy groups -OCH3 is 1. The number of hydrogen-bond acceptors (Lipinski definition) is 4. The Morgan fingerprint density at radius 2 is 1.75 bits per heavy atom. The maximum atomic E-state index is 12.1. The summed E-state index contributed by atoms with van der Waals surface area (Å²) in [5.74, 6) is -0.224. The molecule has 1 saturated heterocycles. The van der Waals surface area contributed by atoms with Crippen molar-refractivity contribution in [3.8, 4) is 0 Å². The van der Waals surface area contributed by atoms with Crippen molar-refractivity contribution in [3.05, 3.63) is 0 Å². The molecular weight excluding hydrogens is 206 g/mol. The fraction of sp³-hybridized carbons (Fsp3) is 0.917. The van der Waals surface area contributed by atoms with E-state index in [0.29, 0.717) is 12.8 Å². The Morgan fingerprint density at radius 3 is 2.25 bits per heavy atom. The largest absolute Gasteiger partial charge is 0.469 e. The van der Waals surface area contributed by atoms with Gasteiger partial charge >= 0.3 is 5.97 Å². The molecule has 4 nitrogen and oxygen atoms in total. The fourth-order valence-electron chi connectivity index (χ4n) is 3.35. The van der Waals surface area contributed by atoms with Crippen molar-refractivity contribution in [2.24, 2.45) is 5.41 Å². The second kappa shape index (κ2) is 4.34. The van der Waals surface area contributed by atoms with E-state index in [1.54, 1.807) is 0 Å². The molecule has 0 amide bonds. The molecule has 2 fully saturated rings. The van der Waals surface area contributed by atoms with Crippen LogP contribution in [0.3, 0.4) is 0 Å². The number of rotatable bonds is 2. The van der Waals surface area contributed by atoms with Crippen molar-refractivity contribution in [2.45, 2.75) is 44.1 Å². The lowest BCUT2D eigenvalue weighted by Gasteiger charge is -2.45. The molecule has 0 unspecified atom stereocenters. The van der Waals surface area contributed by atoms with Crippen LogP contribution in [-0.4, -0.2) is 36.9 Å². The zero-order valence-electron chi connectivity index (χ0n) is 9.92. The lowest BCUT2D eigenvalue weighted by molar-refractivity contribution is -0.177. The summed E-state index contributed by atoms with van der Waals surface area (Å²) < 4.78 is 4.94. The highest BCUT2D eigenvalue weighted by molar-refractivity contribution is 5.78. The molecule has 0 radical (unpaired) electrons. The van der Waals surface area contributed by atoms with Crippen LogP contribution in [0, 0.1) is 5.41 Å². The number of piperidine rings is 1. The van der Waals surface area contributed by atoms with Gasteiger partial charge in [-0.05, 0) is 38.8 Å². The van der Waals surface area contributed by atoms with E-state index in [0.717, 1.165) is 38.8 Å². The van der Waals surface area contributed by atoms with E-state index in [2.05, 4.69) is 5.32 Å². The molecule has 2 rings (SSSR count). The minimum absolute atomic E-state index is 0.224. The highest BCUT2D eigenvalue weighted by Crippen LogP contribution is 2.49. The van der Waals surface area contributed by atoms with Gasteiger partial charge < -0.3 is 15.2 Å². The van der Waals surface area contributed by atoms with Crippen LogP contribution >= 0.6 is 0 Å². The quantitative estimate of drug-likeness (QED) is 0.686. The first kappa shape index (κ1) is 11.9. The van der Waals surface area contributed by atoms with Gasteiger partial charge in [0.2, 0.25) is 0 Å². The topological polar surface area (TPSA) is 58.6 Å². The molecule has 92 valence electrons. The molecule has 2 aliphatic rings. The van der Waals surface area contributed by atoms with Gasteiger partial charge in [-0.25, -0.2) is 0 Å². The average molecular weight is 227 g/mol. The van der Waals surface area contributed by atoms with Gasteiger partial charge in [-0.2, -0.15) is 0 Å². The molecule has 1 aliphatic carbocycles. The third-order valence-corrected chi connectivity index (χ3v) is 4.35. The summed E-state index contributed by atoms with van der Waals surface area (Å²) in [6.07, 6.45) is 4.89. The Morgan fingerprint density at radius 1 is 1.19 bits per heavy atom. The maximum absolute atomic E-state index is 12.1. The van der Waals surface area contributed by atoms with Gasteiger partial charge in [0.25, 0.3) is 0 Å². The molecule has 4 heteroatoms. The van der Waals surface area contributed by atoms with Crippen LogP contribution in [0.25, 0.3) is 0 Å². The Labute approximate surface area is 96.4 Å². The molecule has 0 aromatic heterocycles. The van der Waals surface area contributed by atoms with E-state index in [4.69, 9.17) is 4.74 Å². The van der Waals surface area contributed by atoms with Crippen LogP contribution < -0.4 is 5.32 Å². The molecule has 1 heterocycles. The number of aliphatic hydroxyl groups is 1. The molecule has 16 heavy (non-hydrogen) atoms. The molecular formula is C12H21NO3. The summed E-state index contributed by atoms with van der Waals surface area (Å²) in [5.41, 5.74) is -1.49. The smallest absolute Gasteiger partial charge is 0.314 e. The van der Waals surface area contributed by atoms with Gasteiger partial charge in [0, 0.05) is 0 Å². The molecule has 0 aromatic rings. The van der Waals surface area contributed by atoms with Crippen LogP contribution in [0.15, 0.2) is 0 Å². The van der Waals surface area contributed by atoms with E-state index in [9.17, 15) is 9.90 Å². The summed E-state index contributed by atoms with van der Waals surface area (Å²) in [5, 5.41) is 14.0. The van der Waals surface area contributed by atoms with Crippen molar-refractivity contribution in [2.75, 3.05) is 20.2 Å². The lowest BCUT2D eigenvalue weighted by atomic mass is 9.65. The van der Waals surface area contributed by atoms with Gasteiger partial charge in [0.05, 0.1) is 18.1 Å². The second-order valence-corrected chi connectivity index (χ2v) is 5.06. The normalized spacial score (nSPS) is 27.6. The number of hydrogen-bond donors (Lipinski definition) is 2. The Kier molecular flexibility index (Phi) is 3.22. The summed E-state index contributed by atoms with van der Waals surface area (Å²) >= 11 is 0. The highest BCUT2D eigenvalue weighted by Gasteiger charge is 2.57. The first-order valence-electron chi connectivity index (χ1n) is 6.16. The first-order chi connectivity index (χ1) is 7.65. The maximum Gasteiger partial charge on any atom is 0.314 e. The number of ether oxygens (including phenoxy) is 1. The predicted molar refractivity (Wildman–Crippen MR) is 60.0 cm³/mol. The van der Waals surface area contributed by atoms with E-state index in [-0.39, 0.29) is 5.97 Å². The predicted octanol–water partition coefficient (Wildman–Crippen LogP) is 0.834. The molecule has 2 N–H and O–H groups in total. The zero-order chi connectivity index (χ0) is 11.6. The minimum atomic E-state index is -0.831. The SMILES string of the molecule is COC(=O)C1(C2(O)CCCC2)CCNCC1. The number of carbonyl (C=O) groups excluding carboxylic acids is 1. The molecule has 1 saturated carbocycles. The second-order valence-electron chi connectivity index (χ2n) is 5.06. The van der Waals surface area contributed by atoms with Crippen LogP contribution in [0.5, 0.6) is 0 Å². The van der Waals surface area contributed by atoms with E-state index in [1.807, 2.05) is 0 Å². The monoisotopic (exact) mass is 227 g/mol. The molecule has 0 spiro atoms. The van der Waals surface area contributed by atoms with Gasteiger partial charge in [0.15, 0.2) is 0 Å². The Hall–Kier alpha value is -0.610. The fourth-order valence-corrected chi connectivity index (χ4v) is 3.35. The van der Waals surface area contributed by atoms with Crippen LogP contribution in [0.2, 0.25) is 0 Å². The van der Waals surface area contributed by atoms with Crippen LogP contribution in [-0.2, 0) is 9.53 Å². The summed E-state index contributed by atoms with van der Waals surface area (Å²) in [7, 11) is 1.42. The Balaban J connectivity index is 2.28. The van der Waals surface area contributed by atoms with Crippen molar-refractivity contribution >= 4 is 5.97 Å². The summed E-state index contributed by atoms with van der Waals surface area (Å²) in [6, 6.07) is 0. The average Bonchev–Trinajstić information content (AvgIpc) is 2.77. The first-order valence-corrected chi connectivity index (χ1v) is 6.16. The van der Waals surface area contributed by atoms with Crippen molar-refractivity contribution < 1.29 is 14.6 Å². The van der Waals surface area contributed by atoms with Crippen LogP contribution in [0.1, 0.15) is 38.5 Å².